The maximum atomic E-state index is 2.47. The molecule has 134 valence electrons. The Labute approximate surface area is 163 Å². The second-order valence-electron chi connectivity index (χ2n) is 7.60. The first-order chi connectivity index (χ1) is 13.1. The van der Waals surface area contributed by atoms with Gasteiger partial charge in [-0.15, -0.1) is 11.3 Å². The first-order valence-electron chi connectivity index (χ1n) is 9.47. The van der Waals surface area contributed by atoms with Gasteiger partial charge < -0.3 is 0 Å². The van der Waals surface area contributed by atoms with E-state index in [1.165, 1.54) is 48.2 Å². The molecule has 0 spiro atoms. The highest BCUT2D eigenvalue weighted by atomic mass is 32.1. The lowest BCUT2D eigenvalue weighted by atomic mass is 10.0. The monoisotopic (exact) mass is 371 g/mol. The van der Waals surface area contributed by atoms with Crippen LogP contribution in [0.2, 0.25) is 0 Å². The highest BCUT2D eigenvalue weighted by molar-refractivity contribution is 7.25. The molecular formula is C24H23N2S+. The Hall–Kier alpha value is -2.65. The van der Waals surface area contributed by atoms with Crippen LogP contribution in [0.15, 0.2) is 60.7 Å². The minimum Gasteiger partial charge on any atom is -0.226 e. The largest absolute Gasteiger partial charge is 0.290 e. The maximum absolute atomic E-state index is 2.47. The molecule has 3 heteroatoms. The zero-order chi connectivity index (χ0) is 18.7. The quantitative estimate of drug-likeness (QED) is 0.318. The average Bonchev–Trinajstić information content (AvgIpc) is 3.16. The second kappa shape index (κ2) is 5.93. The molecule has 0 radical (unpaired) electrons. The summed E-state index contributed by atoms with van der Waals surface area (Å²) >= 11 is 1.89. The Bertz CT molecular complexity index is 1320. The molecule has 0 saturated heterocycles. The van der Waals surface area contributed by atoms with Crippen molar-refractivity contribution >= 4 is 42.5 Å². The van der Waals surface area contributed by atoms with Gasteiger partial charge in [0.15, 0.2) is 11.0 Å². The van der Waals surface area contributed by atoms with Crippen LogP contribution < -0.4 is 4.57 Å². The number of hydrogen-bond donors (Lipinski definition) is 0. The van der Waals surface area contributed by atoms with Crippen LogP contribution in [0.25, 0.3) is 42.6 Å². The molecule has 2 aromatic heterocycles. The third-order valence-electron chi connectivity index (χ3n) is 5.53. The molecule has 0 N–H and O–H groups in total. The Kier molecular flexibility index (Phi) is 3.63. The summed E-state index contributed by atoms with van der Waals surface area (Å²) in [5.41, 5.74) is 5.21. The molecule has 27 heavy (non-hydrogen) atoms. The van der Waals surface area contributed by atoms with E-state index in [9.17, 15) is 0 Å². The standard InChI is InChI=1S/C24H23N2S/c1-15(2)26-21-11-7-6-10-20(21)25(4)24(26)18-14-19-17-9-5-8-12-22(17)27-23(19)13-16(18)3/h5-15H,1-4H3/q+1. The average molecular weight is 372 g/mol. The normalized spacial score (nSPS) is 12.0. The maximum Gasteiger partial charge on any atom is 0.290 e. The fraction of sp³-hybridized carbons (Fsp3) is 0.208. The molecular weight excluding hydrogens is 348 g/mol. The Morgan fingerprint density at radius 2 is 1.63 bits per heavy atom. The van der Waals surface area contributed by atoms with Gasteiger partial charge in [0.1, 0.15) is 0 Å². The Morgan fingerprint density at radius 1 is 0.889 bits per heavy atom. The van der Waals surface area contributed by atoms with Gasteiger partial charge in [-0.1, -0.05) is 30.3 Å². The summed E-state index contributed by atoms with van der Waals surface area (Å²) in [6.07, 6.45) is 0. The van der Waals surface area contributed by atoms with Crippen LogP contribution >= 0.6 is 11.3 Å². The number of aromatic nitrogens is 2. The fourth-order valence-electron chi connectivity index (χ4n) is 4.29. The topological polar surface area (TPSA) is 8.81 Å². The zero-order valence-corrected chi connectivity index (χ0v) is 17.0. The summed E-state index contributed by atoms with van der Waals surface area (Å²) in [7, 11) is 2.19. The lowest BCUT2D eigenvalue weighted by Gasteiger charge is -2.09. The number of nitrogens with zero attached hydrogens (tertiary/aromatic N) is 2. The third-order valence-corrected chi connectivity index (χ3v) is 6.66. The highest BCUT2D eigenvalue weighted by Crippen LogP contribution is 2.38. The number of fused-ring (bicyclic) bond motifs is 4. The summed E-state index contributed by atoms with van der Waals surface area (Å²) in [5, 5.41) is 2.71. The summed E-state index contributed by atoms with van der Waals surface area (Å²) in [4.78, 5) is 0. The molecule has 0 saturated carbocycles. The molecule has 0 atom stereocenters. The minimum atomic E-state index is 0.389. The molecule has 0 unspecified atom stereocenters. The number of imidazole rings is 1. The van der Waals surface area contributed by atoms with Crippen molar-refractivity contribution in [3.05, 3.63) is 66.2 Å². The molecule has 2 nitrogen and oxygen atoms in total. The van der Waals surface area contributed by atoms with Crippen LogP contribution in [0.5, 0.6) is 0 Å². The highest BCUT2D eigenvalue weighted by Gasteiger charge is 2.27. The molecule has 0 aliphatic heterocycles. The van der Waals surface area contributed by atoms with E-state index in [-0.39, 0.29) is 0 Å². The van der Waals surface area contributed by atoms with E-state index in [4.69, 9.17) is 0 Å². The van der Waals surface area contributed by atoms with Gasteiger partial charge in [0, 0.05) is 20.2 Å². The van der Waals surface area contributed by atoms with Crippen molar-refractivity contribution in [2.75, 3.05) is 0 Å². The summed E-state index contributed by atoms with van der Waals surface area (Å²) in [5.74, 6) is 1.28. The summed E-state index contributed by atoms with van der Waals surface area (Å²) < 4.78 is 7.54. The SMILES string of the molecule is Cc1cc2sc3ccccc3c2cc1-c1n(C(C)C)c2ccccc2[n+]1C. The van der Waals surface area contributed by atoms with Crippen molar-refractivity contribution in [2.24, 2.45) is 7.05 Å². The van der Waals surface area contributed by atoms with Crippen LogP contribution in [-0.4, -0.2) is 4.57 Å². The first-order valence-corrected chi connectivity index (χ1v) is 10.3. The number of para-hydroxylation sites is 2. The van der Waals surface area contributed by atoms with Gasteiger partial charge in [0.25, 0.3) is 5.82 Å². The van der Waals surface area contributed by atoms with Gasteiger partial charge in [-0.2, -0.15) is 0 Å². The molecule has 3 aromatic carbocycles. The van der Waals surface area contributed by atoms with Gasteiger partial charge in [-0.25, -0.2) is 9.13 Å². The second-order valence-corrected chi connectivity index (χ2v) is 8.68. The first kappa shape index (κ1) is 16.5. The minimum absolute atomic E-state index is 0.389. The number of benzene rings is 3. The van der Waals surface area contributed by atoms with E-state index in [1.807, 2.05) is 11.3 Å². The Balaban J connectivity index is 1.91. The molecule has 0 aliphatic rings. The van der Waals surface area contributed by atoms with Gasteiger partial charge >= 0.3 is 0 Å². The van der Waals surface area contributed by atoms with Crippen molar-refractivity contribution in [2.45, 2.75) is 26.8 Å². The number of aryl methyl sites for hydroxylation is 2. The van der Waals surface area contributed by atoms with Crippen LogP contribution in [0.1, 0.15) is 25.5 Å². The predicted octanol–water partition coefficient (Wildman–Crippen LogP) is 6.39. The van der Waals surface area contributed by atoms with Crippen LogP contribution in [0.3, 0.4) is 0 Å². The van der Waals surface area contributed by atoms with Crippen molar-refractivity contribution < 1.29 is 4.57 Å². The van der Waals surface area contributed by atoms with E-state index < -0.39 is 0 Å². The zero-order valence-electron chi connectivity index (χ0n) is 16.2. The number of hydrogen-bond acceptors (Lipinski definition) is 1. The van der Waals surface area contributed by atoms with Gasteiger partial charge in [-0.05, 0) is 56.7 Å². The smallest absolute Gasteiger partial charge is 0.226 e. The summed E-state index contributed by atoms with van der Waals surface area (Å²) in [6.45, 7) is 6.77. The lowest BCUT2D eigenvalue weighted by molar-refractivity contribution is -0.634. The van der Waals surface area contributed by atoms with Gasteiger partial charge in [0.2, 0.25) is 0 Å². The molecule has 5 rings (SSSR count). The van der Waals surface area contributed by atoms with E-state index in [1.54, 1.807) is 0 Å². The van der Waals surface area contributed by atoms with Gasteiger partial charge in [-0.3, -0.25) is 0 Å². The van der Waals surface area contributed by atoms with Crippen molar-refractivity contribution in [3.63, 3.8) is 0 Å². The van der Waals surface area contributed by atoms with E-state index in [0.717, 1.165) is 0 Å². The lowest BCUT2D eigenvalue weighted by Crippen LogP contribution is -2.30. The molecule has 0 amide bonds. The van der Waals surface area contributed by atoms with E-state index >= 15 is 0 Å². The molecule has 5 aromatic rings. The number of thiophene rings is 1. The van der Waals surface area contributed by atoms with Gasteiger partial charge in [0.05, 0.1) is 18.7 Å². The third kappa shape index (κ3) is 2.35. The van der Waals surface area contributed by atoms with Crippen molar-refractivity contribution in [3.8, 4) is 11.4 Å². The molecule has 0 aliphatic carbocycles. The van der Waals surface area contributed by atoms with Crippen molar-refractivity contribution in [1.82, 2.24) is 4.57 Å². The van der Waals surface area contributed by atoms with Crippen LogP contribution in [-0.2, 0) is 7.05 Å². The molecule has 0 fully saturated rings. The Morgan fingerprint density at radius 3 is 2.44 bits per heavy atom. The van der Waals surface area contributed by atoms with Crippen molar-refractivity contribution in [1.29, 1.82) is 0 Å². The van der Waals surface area contributed by atoms with E-state index in [0.29, 0.717) is 6.04 Å². The molecule has 2 heterocycles. The van der Waals surface area contributed by atoms with Crippen LogP contribution in [0.4, 0.5) is 0 Å². The predicted molar refractivity (Wildman–Crippen MR) is 117 cm³/mol. The molecule has 0 bridgehead atoms. The summed E-state index contributed by atoms with van der Waals surface area (Å²) in [6, 6.07) is 22.6. The number of rotatable bonds is 2. The fourth-order valence-corrected chi connectivity index (χ4v) is 5.47. The van der Waals surface area contributed by atoms with E-state index in [2.05, 4.69) is 97.6 Å². The van der Waals surface area contributed by atoms with Crippen LogP contribution in [0, 0.1) is 6.92 Å².